The molecule has 0 unspecified atom stereocenters. The molecule has 4 aromatic rings. The molecule has 0 saturated heterocycles. The highest BCUT2D eigenvalue weighted by Crippen LogP contribution is 2.31. The molecule has 0 aliphatic carbocycles. The van der Waals surface area contributed by atoms with Crippen LogP contribution in [-0.4, -0.2) is 27.5 Å². The number of nitrogen functional groups attached to an aromatic ring is 1. The van der Waals surface area contributed by atoms with Crippen molar-refractivity contribution in [2.75, 3.05) is 12.3 Å². The van der Waals surface area contributed by atoms with E-state index in [0.29, 0.717) is 38.9 Å². The van der Waals surface area contributed by atoms with E-state index in [1.54, 1.807) is 30.3 Å². The zero-order chi connectivity index (χ0) is 19.0. The maximum Gasteiger partial charge on any atom is 0.338 e. The van der Waals surface area contributed by atoms with Gasteiger partial charge in [-0.15, -0.1) is 0 Å². The average Bonchev–Trinajstić information content (AvgIpc) is 3.01. The Labute approximate surface area is 153 Å². The van der Waals surface area contributed by atoms with Crippen molar-refractivity contribution < 1.29 is 9.53 Å². The van der Waals surface area contributed by atoms with E-state index < -0.39 is 5.97 Å². The number of H-pyrrole nitrogens is 2. The second-order valence-corrected chi connectivity index (χ2v) is 5.99. The first-order valence-corrected chi connectivity index (χ1v) is 8.27. The molecule has 4 N–H and O–H groups in total. The molecule has 27 heavy (non-hydrogen) atoms. The van der Waals surface area contributed by atoms with Gasteiger partial charge in [-0.05, 0) is 30.3 Å². The van der Waals surface area contributed by atoms with Crippen molar-refractivity contribution in [2.45, 2.75) is 0 Å². The third-order valence-electron chi connectivity index (χ3n) is 4.24. The van der Waals surface area contributed by atoms with Crippen molar-refractivity contribution >= 4 is 33.6 Å². The van der Waals surface area contributed by atoms with E-state index in [-0.39, 0.29) is 17.9 Å². The Morgan fingerprint density at radius 1 is 1.19 bits per heavy atom. The first kappa shape index (κ1) is 16.6. The van der Waals surface area contributed by atoms with Gasteiger partial charge in [0, 0.05) is 10.9 Å². The van der Waals surface area contributed by atoms with Crippen LogP contribution in [0.5, 0.6) is 0 Å². The molecule has 0 saturated carbocycles. The van der Waals surface area contributed by atoms with Crippen LogP contribution in [0.4, 0.5) is 5.69 Å². The van der Waals surface area contributed by atoms with Crippen molar-refractivity contribution in [3.63, 3.8) is 0 Å². The fourth-order valence-electron chi connectivity index (χ4n) is 2.94. The van der Waals surface area contributed by atoms with Crippen LogP contribution >= 0.6 is 0 Å². The van der Waals surface area contributed by atoms with Crippen molar-refractivity contribution in [3.8, 4) is 11.4 Å². The van der Waals surface area contributed by atoms with E-state index >= 15 is 0 Å². The van der Waals surface area contributed by atoms with Crippen LogP contribution in [0.1, 0.15) is 10.4 Å². The van der Waals surface area contributed by atoms with Crippen molar-refractivity contribution in [2.24, 2.45) is 0 Å². The summed E-state index contributed by atoms with van der Waals surface area (Å²) >= 11 is 0. The summed E-state index contributed by atoms with van der Waals surface area (Å²) in [5.74, 6) is -0.472. The molecule has 0 bridgehead atoms. The summed E-state index contributed by atoms with van der Waals surface area (Å²) < 4.78 is 5.05. The van der Waals surface area contributed by atoms with E-state index in [1.165, 1.54) is 6.08 Å². The number of carbonyl (C=O) groups excluding carboxylic acids is 1. The fourth-order valence-corrected chi connectivity index (χ4v) is 2.94. The summed E-state index contributed by atoms with van der Waals surface area (Å²) in [5.41, 5.74) is 9.21. The van der Waals surface area contributed by atoms with Gasteiger partial charge in [0.1, 0.15) is 6.61 Å². The number of benzene rings is 2. The molecule has 0 spiro atoms. The highest BCUT2D eigenvalue weighted by atomic mass is 16.5. The predicted octanol–water partition coefficient (Wildman–Crippen LogP) is 3.00. The molecular weight excluding hydrogens is 344 g/mol. The van der Waals surface area contributed by atoms with E-state index in [0.717, 1.165) is 0 Å². The van der Waals surface area contributed by atoms with Crippen LogP contribution in [0.15, 0.2) is 59.9 Å². The van der Waals surface area contributed by atoms with Gasteiger partial charge in [-0.2, -0.15) is 0 Å². The summed E-state index contributed by atoms with van der Waals surface area (Å²) in [5, 5.41) is 0.618. The fraction of sp³-hybridized carbons (Fsp3) is 0.0500. The number of carbonyl (C=O) groups is 1. The number of anilines is 1. The van der Waals surface area contributed by atoms with E-state index in [9.17, 15) is 9.59 Å². The topological polar surface area (TPSA) is 114 Å². The van der Waals surface area contributed by atoms with Gasteiger partial charge in [0.05, 0.1) is 28.0 Å². The van der Waals surface area contributed by atoms with Gasteiger partial charge >= 0.3 is 5.97 Å². The molecule has 2 aromatic heterocycles. The molecule has 2 heterocycles. The van der Waals surface area contributed by atoms with Gasteiger partial charge in [0.2, 0.25) is 0 Å². The smallest absolute Gasteiger partial charge is 0.338 e. The third-order valence-corrected chi connectivity index (χ3v) is 4.24. The molecule has 0 aliphatic rings. The molecule has 134 valence electrons. The minimum Gasteiger partial charge on any atom is -0.458 e. The average molecular weight is 360 g/mol. The first-order chi connectivity index (χ1) is 13.1. The minimum absolute atomic E-state index is 0.126. The highest BCUT2D eigenvalue weighted by molar-refractivity contribution is 6.03. The Bertz CT molecular complexity index is 1250. The second-order valence-electron chi connectivity index (χ2n) is 5.99. The van der Waals surface area contributed by atoms with Gasteiger partial charge in [0.15, 0.2) is 5.69 Å². The quantitative estimate of drug-likeness (QED) is 0.382. The lowest BCUT2D eigenvalue weighted by molar-refractivity contribution is 0.0550. The van der Waals surface area contributed by atoms with Crippen LogP contribution < -0.4 is 11.3 Å². The number of hydrogen-bond donors (Lipinski definition) is 3. The standard InChI is InChI=1S/C20H16N4O3/c1-2-9-27-20(26)11-7-8-13-12(10-11)16(21)17(22-13)18-19(25)24-15-6-4-3-5-14(15)23-18/h2-8,10,22H,1,9,21H2,(H,24,25). The first-order valence-electron chi connectivity index (χ1n) is 8.27. The van der Waals surface area contributed by atoms with Crippen LogP contribution in [-0.2, 0) is 4.74 Å². The molecule has 0 radical (unpaired) electrons. The molecule has 0 fully saturated rings. The molecule has 2 aromatic carbocycles. The van der Waals surface area contributed by atoms with E-state index in [2.05, 4.69) is 21.5 Å². The lowest BCUT2D eigenvalue weighted by Gasteiger charge is -2.02. The molecule has 0 atom stereocenters. The number of nitrogens with one attached hydrogen (secondary N) is 2. The second kappa shape index (κ2) is 6.45. The van der Waals surface area contributed by atoms with Crippen LogP contribution in [0.3, 0.4) is 0 Å². The van der Waals surface area contributed by atoms with E-state index in [1.807, 2.05) is 12.1 Å². The Kier molecular flexibility index (Phi) is 3.97. The number of esters is 1. The van der Waals surface area contributed by atoms with Crippen LogP contribution in [0.25, 0.3) is 33.3 Å². The molecule has 4 rings (SSSR count). The number of nitrogens with zero attached hydrogens (tertiary/aromatic N) is 1. The lowest BCUT2D eigenvalue weighted by atomic mass is 10.1. The van der Waals surface area contributed by atoms with Crippen molar-refractivity contribution in [1.29, 1.82) is 0 Å². The number of para-hydroxylation sites is 2. The van der Waals surface area contributed by atoms with Gasteiger partial charge < -0.3 is 20.4 Å². The van der Waals surface area contributed by atoms with E-state index in [4.69, 9.17) is 10.5 Å². The van der Waals surface area contributed by atoms with Crippen molar-refractivity contribution in [3.05, 3.63) is 71.0 Å². The Morgan fingerprint density at radius 2 is 2.00 bits per heavy atom. The summed E-state index contributed by atoms with van der Waals surface area (Å²) in [4.78, 5) is 34.9. The number of ether oxygens (including phenoxy) is 1. The zero-order valence-electron chi connectivity index (χ0n) is 14.3. The number of fused-ring (bicyclic) bond motifs is 2. The number of rotatable bonds is 4. The summed E-state index contributed by atoms with van der Waals surface area (Å²) in [6.45, 7) is 3.64. The molecule has 7 heteroatoms. The third kappa shape index (κ3) is 2.85. The number of aromatic amines is 2. The highest BCUT2D eigenvalue weighted by Gasteiger charge is 2.17. The normalized spacial score (nSPS) is 11.0. The number of aromatic nitrogens is 3. The van der Waals surface area contributed by atoms with Crippen LogP contribution in [0.2, 0.25) is 0 Å². The van der Waals surface area contributed by atoms with Crippen LogP contribution in [0, 0.1) is 0 Å². The van der Waals surface area contributed by atoms with Gasteiger partial charge in [0.25, 0.3) is 5.56 Å². The number of nitrogens with two attached hydrogens (primary N) is 1. The molecule has 7 nitrogen and oxygen atoms in total. The Balaban J connectivity index is 1.85. The largest absolute Gasteiger partial charge is 0.458 e. The lowest BCUT2D eigenvalue weighted by Crippen LogP contribution is -2.12. The zero-order valence-corrected chi connectivity index (χ0v) is 14.3. The number of hydrogen-bond acceptors (Lipinski definition) is 5. The molecular formula is C20H16N4O3. The molecule has 0 aliphatic heterocycles. The Morgan fingerprint density at radius 3 is 2.81 bits per heavy atom. The maximum atomic E-state index is 12.5. The molecule has 0 amide bonds. The summed E-state index contributed by atoms with van der Waals surface area (Å²) in [6, 6.07) is 12.2. The minimum atomic E-state index is -0.472. The maximum absolute atomic E-state index is 12.5. The summed E-state index contributed by atoms with van der Waals surface area (Å²) in [6.07, 6.45) is 1.50. The monoisotopic (exact) mass is 360 g/mol. The van der Waals surface area contributed by atoms with Gasteiger partial charge in [-0.1, -0.05) is 24.8 Å². The Hall–Kier alpha value is -3.87. The summed E-state index contributed by atoms with van der Waals surface area (Å²) in [7, 11) is 0. The van der Waals surface area contributed by atoms with Crippen molar-refractivity contribution in [1.82, 2.24) is 15.0 Å². The predicted molar refractivity (Wildman–Crippen MR) is 105 cm³/mol. The van der Waals surface area contributed by atoms with Gasteiger partial charge in [-0.25, -0.2) is 9.78 Å². The van der Waals surface area contributed by atoms with Gasteiger partial charge in [-0.3, -0.25) is 4.79 Å². The SMILES string of the molecule is C=CCOC(=O)c1ccc2[nH]c(-c3nc4ccccc4[nH]c3=O)c(N)c2c1.